The first-order chi connectivity index (χ1) is 8.52. The topological polar surface area (TPSA) is 15.3 Å². The molecule has 1 heterocycles. The standard InChI is InChI=1S/C16H34N2/c1-6-10-17-13-15(14(3)4)18-11-8-16(5,7-2)9-12-18/h14-15,17H,6-13H2,1-5H3. The molecule has 1 saturated heterocycles. The molecule has 1 atom stereocenters. The lowest BCUT2D eigenvalue weighted by atomic mass is 9.77. The zero-order valence-electron chi connectivity index (χ0n) is 13.3. The predicted molar refractivity (Wildman–Crippen MR) is 81.0 cm³/mol. The zero-order chi connectivity index (χ0) is 13.6. The van der Waals surface area contributed by atoms with E-state index in [2.05, 4.69) is 44.8 Å². The summed E-state index contributed by atoms with van der Waals surface area (Å²) in [6.07, 6.45) is 5.32. The van der Waals surface area contributed by atoms with E-state index in [1.54, 1.807) is 0 Å². The Morgan fingerprint density at radius 2 is 1.78 bits per heavy atom. The summed E-state index contributed by atoms with van der Waals surface area (Å²) in [5.74, 6) is 0.750. The number of nitrogens with zero attached hydrogens (tertiary/aromatic N) is 1. The Morgan fingerprint density at radius 1 is 1.17 bits per heavy atom. The van der Waals surface area contributed by atoms with Crippen LogP contribution in [-0.2, 0) is 0 Å². The van der Waals surface area contributed by atoms with Gasteiger partial charge in [0.1, 0.15) is 0 Å². The molecule has 2 heteroatoms. The van der Waals surface area contributed by atoms with Crippen molar-refractivity contribution in [2.24, 2.45) is 11.3 Å². The number of likely N-dealkylation sites (tertiary alicyclic amines) is 1. The van der Waals surface area contributed by atoms with Crippen molar-refractivity contribution in [3.63, 3.8) is 0 Å². The van der Waals surface area contributed by atoms with Crippen molar-refractivity contribution in [3.8, 4) is 0 Å². The van der Waals surface area contributed by atoms with Crippen LogP contribution in [0.3, 0.4) is 0 Å². The Kier molecular flexibility index (Phi) is 6.65. The molecule has 0 aliphatic carbocycles. The van der Waals surface area contributed by atoms with Crippen molar-refractivity contribution in [1.82, 2.24) is 10.2 Å². The SMILES string of the molecule is CCCNCC(C(C)C)N1CCC(C)(CC)CC1. The fourth-order valence-corrected chi connectivity index (χ4v) is 2.96. The van der Waals surface area contributed by atoms with Crippen molar-refractivity contribution in [3.05, 3.63) is 0 Å². The van der Waals surface area contributed by atoms with Crippen LogP contribution in [0.5, 0.6) is 0 Å². The highest BCUT2D eigenvalue weighted by Gasteiger charge is 2.32. The fraction of sp³-hybridized carbons (Fsp3) is 1.00. The van der Waals surface area contributed by atoms with Gasteiger partial charge < -0.3 is 5.32 Å². The van der Waals surface area contributed by atoms with E-state index in [0.717, 1.165) is 25.0 Å². The summed E-state index contributed by atoms with van der Waals surface area (Å²) in [6, 6.07) is 0.720. The molecular formula is C16H34N2. The van der Waals surface area contributed by atoms with Gasteiger partial charge in [-0.1, -0.05) is 41.0 Å². The smallest absolute Gasteiger partial charge is 0.0243 e. The van der Waals surface area contributed by atoms with E-state index in [4.69, 9.17) is 0 Å². The second-order valence-corrected chi connectivity index (χ2v) is 6.72. The molecule has 0 aromatic rings. The second kappa shape index (κ2) is 7.49. The van der Waals surface area contributed by atoms with Gasteiger partial charge in [-0.05, 0) is 50.2 Å². The van der Waals surface area contributed by atoms with Crippen LogP contribution >= 0.6 is 0 Å². The predicted octanol–water partition coefficient (Wildman–Crippen LogP) is 3.52. The number of hydrogen-bond acceptors (Lipinski definition) is 2. The molecule has 1 aliphatic heterocycles. The van der Waals surface area contributed by atoms with E-state index in [1.165, 1.54) is 38.8 Å². The van der Waals surface area contributed by atoms with Gasteiger partial charge in [0, 0.05) is 12.6 Å². The second-order valence-electron chi connectivity index (χ2n) is 6.72. The highest BCUT2D eigenvalue weighted by atomic mass is 15.2. The number of piperidine rings is 1. The molecule has 1 aliphatic rings. The molecule has 1 N–H and O–H groups in total. The molecule has 1 unspecified atom stereocenters. The third kappa shape index (κ3) is 4.55. The maximum atomic E-state index is 3.61. The van der Waals surface area contributed by atoms with E-state index < -0.39 is 0 Å². The lowest BCUT2D eigenvalue weighted by molar-refractivity contribution is 0.0624. The maximum absolute atomic E-state index is 3.61. The summed E-state index contributed by atoms with van der Waals surface area (Å²) in [7, 11) is 0. The Hall–Kier alpha value is -0.0800. The van der Waals surface area contributed by atoms with Crippen LogP contribution in [0.25, 0.3) is 0 Å². The fourth-order valence-electron chi connectivity index (χ4n) is 2.96. The quantitative estimate of drug-likeness (QED) is 0.699. The maximum Gasteiger partial charge on any atom is 0.0243 e. The van der Waals surface area contributed by atoms with E-state index in [0.29, 0.717) is 5.41 Å². The molecule has 18 heavy (non-hydrogen) atoms. The minimum absolute atomic E-state index is 0.606. The Balaban J connectivity index is 2.45. The molecule has 0 radical (unpaired) electrons. The van der Waals surface area contributed by atoms with Crippen LogP contribution in [-0.4, -0.2) is 37.1 Å². The molecule has 0 aromatic heterocycles. The third-order valence-electron chi connectivity index (χ3n) is 4.88. The molecule has 108 valence electrons. The van der Waals surface area contributed by atoms with Gasteiger partial charge in [-0.3, -0.25) is 4.90 Å². The summed E-state index contributed by atoms with van der Waals surface area (Å²) >= 11 is 0. The van der Waals surface area contributed by atoms with Gasteiger partial charge in [-0.2, -0.15) is 0 Å². The van der Waals surface area contributed by atoms with Gasteiger partial charge in [0.05, 0.1) is 0 Å². The highest BCUT2D eigenvalue weighted by molar-refractivity contribution is 4.86. The van der Waals surface area contributed by atoms with Crippen LogP contribution in [0.1, 0.15) is 60.3 Å². The van der Waals surface area contributed by atoms with Gasteiger partial charge in [-0.25, -0.2) is 0 Å². The van der Waals surface area contributed by atoms with Gasteiger partial charge in [0.15, 0.2) is 0 Å². The van der Waals surface area contributed by atoms with Gasteiger partial charge in [0.2, 0.25) is 0 Å². The molecule has 0 bridgehead atoms. The summed E-state index contributed by atoms with van der Waals surface area (Å²) in [5, 5.41) is 3.61. The Morgan fingerprint density at radius 3 is 2.22 bits per heavy atom. The molecular weight excluding hydrogens is 220 g/mol. The van der Waals surface area contributed by atoms with Crippen molar-refractivity contribution in [2.45, 2.75) is 66.3 Å². The van der Waals surface area contributed by atoms with Gasteiger partial charge >= 0.3 is 0 Å². The summed E-state index contributed by atoms with van der Waals surface area (Å²) in [6.45, 7) is 16.7. The normalized spacial score (nSPS) is 22.3. The summed E-state index contributed by atoms with van der Waals surface area (Å²) in [4.78, 5) is 2.73. The number of rotatable bonds is 7. The largest absolute Gasteiger partial charge is 0.315 e. The molecule has 0 spiro atoms. The van der Waals surface area contributed by atoms with Crippen molar-refractivity contribution in [1.29, 1.82) is 0 Å². The van der Waals surface area contributed by atoms with E-state index >= 15 is 0 Å². The lowest BCUT2D eigenvalue weighted by Gasteiger charge is -2.43. The van der Waals surface area contributed by atoms with Crippen LogP contribution < -0.4 is 5.32 Å². The monoisotopic (exact) mass is 254 g/mol. The van der Waals surface area contributed by atoms with E-state index in [9.17, 15) is 0 Å². The lowest BCUT2D eigenvalue weighted by Crippen LogP contribution is -2.50. The summed E-state index contributed by atoms with van der Waals surface area (Å²) in [5.41, 5.74) is 0.606. The van der Waals surface area contributed by atoms with Crippen molar-refractivity contribution >= 4 is 0 Å². The minimum Gasteiger partial charge on any atom is -0.315 e. The van der Waals surface area contributed by atoms with Crippen molar-refractivity contribution in [2.75, 3.05) is 26.2 Å². The van der Waals surface area contributed by atoms with E-state index in [1.807, 2.05) is 0 Å². The Bertz CT molecular complexity index is 217. The average Bonchev–Trinajstić information content (AvgIpc) is 2.36. The molecule has 2 nitrogen and oxygen atoms in total. The Labute approximate surface area is 115 Å². The average molecular weight is 254 g/mol. The first-order valence-corrected chi connectivity index (χ1v) is 7.97. The molecule has 0 amide bonds. The number of nitrogens with one attached hydrogen (secondary N) is 1. The van der Waals surface area contributed by atoms with E-state index in [-0.39, 0.29) is 0 Å². The van der Waals surface area contributed by atoms with Crippen molar-refractivity contribution < 1.29 is 0 Å². The molecule has 0 saturated carbocycles. The zero-order valence-corrected chi connectivity index (χ0v) is 13.3. The summed E-state index contributed by atoms with van der Waals surface area (Å²) < 4.78 is 0. The molecule has 1 fully saturated rings. The van der Waals surface area contributed by atoms with Gasteiger partial charge in [-0.15, -0.1) is 0 Å². The molecule has 1 rings (SSSR count). The van der Waals surface area contributed by atoms with Gasteiger partial charge in [0.25, 0.3) is 0 Å². The minimum atomic E-state index is 0.606. The molecule has 0 aromatic carbocycles. The third-order valence-corrected chi connectivity index (χ3v) is 4.88. The van der Waals surface area contributed by atoms with Crippen LogP contribution in [0.4, 0.5) is 0 Å². The first kappa shape index (κ1) is 16.0. The van der Waals surface area contributed by atoms with Crippen LogP contribution in [0, 0.1) is 11.3 Å². The van der Waals surface area contributed by atoms with Crippen LogP contribution in [0.2, 0.25) is 0 Å². The number of hydrogen-bond donors (Lipinski definition) is 1. The first-order valence-electron chi connectivity index (χ1n) is 7.97. The highest BCUT2D eigenvalue weighted by Crippen LogP contribution is 2.35. The van der Waals surface area contributed by atoms with Crippen LogP contribution in [0.15, 0.2) is 0 Å².